The molecule has 114 valence electrons. The molecule has 0 saturated heterocycles. The molecule has 0 amide bonds. The normalized spacial score (nSPS) is 12.0. The predicted molar refractivity (Wildman–Crippen MR) is 89.5 cm³/mol. The van der Waals surface area contributed by atoms with Crippen molar-refractivity contribution >= 4 is 10.9 Å². The summed E-state index contributed by atoms with van der Waals surface area (Å²) in [5, 5.41) is 0.764. The van der Waals surface area contributed by atoms with E-state index in [1.165, 1.54) is 0 Å². The maximum atomic E-state index is 12.2. The van der Waals surface area contributed by atoms with Crippen molar-refractivity contribution in [2.75, 3.05) is 13.1 Å². The molecule has 0 fully saturated rings. The number of benzene rings is 1. The van der Waals surface area contributed by atoms with Gasteiger partial charge in [0.2, 0.25) is 0 Å². The minimum atomic E-state index is 0.105. The SMILES string of the molecule is CC(C)CN(Cc1cc(=O)c2ccccc2[nH]1)CC(C)C. The van der Waals surface area contributed by atoms with Crippen LogP contribution < -0.4 is 5.43 Å². The van der Waals surface area contributed by atoms with E-state index >= 15 is 0 Å². The van der Waals surface area contributed by atoms with Gasteiger partial charge in [-0.25, -0.2) is 0 Å². The highest BCUT2D eigenvalue weighted by atomic mass is 16.1. The first-order valence-corrected chi connectivity index (χ1v) is 7.79. The minimum Gasteiger partial charge on any atom is -0.357 e. The molecule has 0 atom stereocenters. The summed E-state index contributed by atoms with van der Waals surface area (Å²) in [6.07, 6.45) is 0. The lowest BCUT2D eigenvalue weighted by Crippen LogP contribution is -2.31. The van der Waals surface area contributed by atoms with Gasteiger partial charge >= 0.3 is 0 Å². The summed E-state index contributed by atoms with van der Waals surface area (Å²) in [7, 11) is 0. The molecule has 0 unspecified atom stereocenters. The van der Waals surface area contributed by atoms with E-state index in [-0.39, 0.29) is 5.43 Å². The van der Waals surface area contributed by atoms with E-state index in [1.54, 1.807) is 6.07 Å². The summed E-state index contributed by atoms with van der Waals surface area (Å²) in [4.78, 5) is 18.0. The Labute approximate surface area is 127 Å². The maximum Gasteiger partial charge on any atom is 0.189 e. The molecule has 1 aromatic heterocycles. The molecule has 0 aliphatic carbocycles. The van der Waals surface area contributed by atoms with Gasteiger partial charge in [0.15, 0.2) is 5.43 Å². The third-order valence-corrected chi connectivity index (χ3v) is 3.43. The first-order valence-electron chi connectivity index (χ1n) is 7.79. The van der Waals surface area contributed by atoms with Gasteiger partial charge in [0, 0.05) is 42.3 Å². The molecule has 2 rings (SSSR count). The number of hydrogen-bond donors (Lipinski definition) is 1. The molecule has 3 nitrogen and oxygen atoms in total. The average molecular weight is 286 g/mol. The van der Waals surface area contributed by atoms with Crippen LogP contribution in [0.5, 0.6) is 0 Å². The lowest BCUT2D eigenvalue weighted by Gasteiger charge is -2.26. The molecule has 1 N–H and O–H groups in total. The zero-order chi connectivity index (χ0) is 15.4. The number of fused-ring (bicyclic) bond motifs is 1. The van der Waals surface area contributed by atoms with Crippen molar-refractivity contribution < 1.29 is 0 Å². The Hall–Kier alpha value is -1.61. The van der Waals surface area contributed by atoms with Gasteiger partial charge < -0.3 is 4.98 Å². The number of para-hydroxylation sites is 1. The second-order valence-corrected chi connectivity index (χ2v) is 6.69. The van der Waals surface area contributed by atoms with Gasteiger partial charge in [0.1, 0.15) is 0 Å². The van der Waals surface area contributed by atoms with Crippen molar-refractivity contribution in [1.29, 1.82) is 0 Å². The van der Waals surface area contributed by atoms with Gasteiger partial charge in [0.05, 0.1) is 0 Å². The zero-order valence-electron chi connectivity index (χ0n) is 13.5. The fourth-order valence-corrected chi connectivity index (χ4v) is 2.81. The Bertz CT molecular complexity index is 633. The Morgan fingerprint density at radius 1 is 1.05 bits per heavy atom. The number of rotatable bonds is 6. The number of nitrogens with one attached hydrogen (secondary N) is 1. The van der Waals surface area contributed by atoms with Gasteiger partial charge in [-0.2, -0.15) is 0 Å². The van der Waals surface area contributed by atoms with Gasteiger partial charge in [-0.15, -0.1) is 0 Å². The fourth-order valence-electron chi connectivity index (χ4n) is 2.81. The van der Waals surface area contributed by atoms with Crippen molar-refractivity contribution in [1.82, 2.24) is 9.88 Å². The second-order valence-electron chi connectivity index (χ2n) is 6.69. The molecule has 0 bridgehead atoms. The Kier molecular flexibility index (Phi) is 5.18. The molecule has 0 saturated carbocycles. The predicted octanol–water partition coefficient (Wildman–Crippen LogP) is 3.64. The second kappa shape index (κ2) is 6.90. The Balaban J connectivity index is 2.25. The van der Waals surface area contributed by atoms with E-state index in [2.05, 4.69) is 37.6 Å². The molecule has 3 heteroatoms. The van der Waals surface area contributed by atoms with Gasteiger partial charge in [-0.1, -0.05) is 39.8 Å². The third-order valence-electron chi connectivity index (χ3n) is 3.43. The highest BCUT2D eigenvalue weighted by Gasteiger charge is 2.11. The van der Waals surface area contributed by atoms with Gasteiger partial charge in [-0.3, -0.25) is 9.69 Å². The van der Waals surface area contributed by atoms with Crippen LogP contribution in [0.2, 0.25) is 0 Å². The van der Waals surface area contributed by atoms with Crippen molar-refractivity contribution in [3.05, 3.63) is 46.2 Å². The van der Waals surface area contributed by atoms with Gasteiger partial charge in [0.25, 0.3) is 0 Å². The van der Waals surface area contributed by atoms with Crippen LogP contribution in [0.3, 0.4) is 0 Å². The van der Waals surface area contributed by atoms with E-state index in [9.17, 15) is 4.79 Å². The van der Waals surface area contributed by atoms with Crippen molar-refractivity contribution in [3.8, 4) is 0 Å². The maximum absolute atomic E-state index is 12.2. The fraction of sp³-hybridized carbons (Fsp3) is 0.500. The van der Waals surface area contributed by atoms with Crippen LogP contribution in [-0.2, 0) is 6.54 Å². The van der Waals surface area contributed by atoms with Crippen LogP contribution >= 0.6 is 0 Å². The first-order chi connectivity index (χ1) is 9.95. The summed E-state index contributed by atoms with van der Waals surface area (Å²) in [5.41, 5.74) is 2.03. The van der Waals surface area contributed by atoms with E-state index in [0.717, 1.165) is 36.2 Å². The molecular weight excluding hydrogens is 260 g/mol. The molecule has 0 aliphatic rings. The van der Waals surface area contributed by atoms with Crippen molar-refractivity contribution in [3.63, 3.8) is 0 Å². The summed E-state index contributed by atoms with van der Waals surface area (Å²) >= 11 is 0. The molecular formula is C18H26N2O. The summed E-state index contributed by atoms with van der Waals surface area (Å²) in [6.45, 7) is 11.8. The van der Waals surface area contributed by atoms with Gasteiger partial charge in [-0.05, 0) is 24.0 Å². The molecule has 1 heterocycles. The molecule has 0 spiro atoms. The topological polar surface area (TPSA) is 36.1 Å². The number of pyridine rings is 1. The van der Waals surface area contributed by atoms with Crippen LogP contribution in [0.15, 0.2) is 35.1 Å². The quantitative estimate of drug-likeness (QED) is 0.880. The lowest BCUT2D eigenvalue weighted by atomic mass is 10.1. The molecule has 21 heavy (non-hydrogen) atoms. The summed E-state index contributed by atoms with van der Waals surface area (Å²) < 4.78 is 0. The lowest BCUT2D eigenvalue weighted by molar-refractivity contribution is 0.209. The van der Waals surface area contributed by atoms with Crippen LogP contribution in [0, 0.1) is 11.8 Å². The molecule has 2 aromatic rings. The van der Waals surface area contributed by atoms with Crippen molar-refractivity contribution in [2.24, 2.45) is 11.8 Å². The molecule has 0 aliphatic heterocycles. The third kappa shape index (κ3) is 4.43. The van der Waals surface area contributed by atoms with E-state index in [0.29, 0.717) is 11.8 Å². The van der Waals surface area contributed by atoms with E-state index < -0.39 is 0 Å². The smallest absolute Gasteiger partial charge is 0.189 e. The molecule has 0 radical (unpaired) electrons. The number of hydrogen-bond acceptors (Lipinski definition) is 2. The summed E-state index contributed by atoms with van der Waals surface area (Å²) in [6, 6.07) is 9.45. The van der Waals surface area contributed by atoms with Crippen LogP contribution in [0.4, 0.5) is 0 Å². The van der Waals surface area contributed by atoms with Crippen molar-refractivity contribution in [2.45, 2.75) is 34.2 Å². The summed E-state index contributed by atoms with van der Waals surface area (Å²) in [5.74, 6) is 1.24. The minimum absolute atomic E-state index is 0.105. The van der Waals surface area contributed by atoms with Crippen LogP contribution in [0.1, 0.15) is 33.4 Å². The average Bonchev–Trinajstić information content (AvgIpc) is 2.37. The van der Waals surface area contributed by atoms with Crippen LogP contribution in [-0.4, -0.2) is 23.0 Å². The number of aromatic nitrogens is 1. The standard InChI is InChI=1S/C18H26N2O/c1-13(2)10-20(11-14(3)4)12-15-9-18(21)16-7-5-6-8-17(16)19-15/h5-9,13-14H,10-12H2,1-4H3,(H,19,21). The largest absolute Gasteiger partial charge is 0.357 e. The number of aromatic amines is 1. The number of H-pyrrole nitrogens is 1. The van der Waals surface area contributed by atoms with E-state index in [1.807, 2.05) is 24.3 Å². The highest BCUT2D eigenvalue weighted by Crippen LogP contribution is 2.11. The zero-order valence-corrected chi connectivity index (χ0v) is 13.5. The highest BCUT2D eigenvalue weighted by molar-refractivity contribution is 5.78. The van der Waals surface area contributed by atoms with E-state index in [4.69, 9.17) is 0 Å². The van der Waals surface area contributed by atoms with Crippen LogP contribution in [0.25, 0.3) is 10.9 Å². The number of nitrogens with zero attached hydrogens (tertiary/aromatic N) is 1. The Morgan fingerprint density at radius 3 is 2.29 bits per heavy atom. The monoisotopic (exact) mass is 286 g/mol. The first kappa shape index (κ1) is 15.8. The Morgan fingerprint density at radius 2 is 1.67 bits per heavy atom. The molecule has 1 aromatic carbocycles.